The predicted molar refractivity (Wildman–Crippen MR) is 91.4 cm³/mol. The maximum Gasteiger partial charge on any atom is 0.255 e. The van der Waals surface area contributed by atoms with Crippen LogP contribution in [0, 0.1) is 13.8 Å². The third-order valence-electron chi connectivity index (χ3n) is 4.72. The van der Waals surface area contributed by atoms with E-state index in [-0.39, 0.29) is 17.4 Å². The van der Waals surface area contributed by atoms with Crippen LogP contribution in [0.3, 0.4) is 0 Å². The molecule has 3 rings (SSSR count). The van der Waals surface area contributed by atoms with Crippen LogP contribution in [0.4, 0.5) is 0 Å². The van der Waals surface area contributed by atoms with Gasteiger partial charge in [0.2, 0.25) is 0 Å². The number of benzene rings is 1. The Balaban J connectivity index is 1.90. The third kappa shape index (κ3) is 2.68. The Morgan fingerprint density at radius 1 is 1.38 bits per heavy atom. The molecule has 24 heavy (non-hydrogen) atoms. The quantitative estimate of drug-likeness (QED) is 0.926. The molecular formula is C19H24N2O3. The molecule has 128 valence electrons. The summed E-state index contributed by atoms with van der Waals surface area (Å²) in [7, 11) is 0. The van der Waals surface area contributed by atoms with Gasteiger partial charge in [0.15, 0.2) is 0 Å². The van der Waals surface area contributed by atoms with Crippen molar-refractivity contribution in [1.29, 1.82) is 0 Å². The number of hydrogen-bond acceptors (Lipinski definition) is 4. The van der Waals surface area contributed by atoms with Gasteiger partial charge in [-0.2, -0.15) is 0 Å². The number of rotatable bonds is 4. The van der Waals surface area contributed by atoms with Crippen LogP contribution in [0.25, 0.3) is 0 Å². The largest absolute Gasteiger partial charge is 0.492 e. The van der Waals surface area contributed by atoms with Crippen molar-refractivity contribution >= 4 is 5.91 Å². The van der Waals surface area contributed by atoms with Gasteiger partial charge in [0, 0.05) is 16.5 Å². The van der Waals surface area contributed by atoms with E-state index in [4.69, 9.17) is 9.26 Å². The molecule has 1 amide bonds. The molecule has 0 radical (unpaired) electrons. The van der Waals surface area contributed by atoms with E-state index in [1.54, 1.807) is 0 Å². The summed E-state index contributed by atoms with van der Waals surface area (Å²) in [5.74, 6) is 1.32. The lowest BCUT2D eigenvalue weighted by Gasteiger charge is -2.18. The van der Waals surface area contributed by atoms with Crippen LogP contribution in [-0.4, -0.2) is 17.7 Å². The van der Waals surface area contributed by atoms with Gasteiger partial charge in [-0.1, -0.05) is 38.1 Å². The summed E-state index contributed by atoms with van der Waals surface area (Å²) in [4.78, 5) is 12.9. The first-order valence-corrected chi connectivity index (χ1v) is 8.35. The zero-order chi connectivity index (χ0) is 17.5. The summed E-state index contributed by atoms with van der Waals surface area (Å²) in [6.45, 7) is 10.6. The normalized spacial score (nSPS) is 16.4. The maximum atomic E-state index is 12.9. The molecule has 5 nitrogen and oxygen atoms in total. The summed E-state index contributed by atoms with van der Waals surface area (Å²) in [6, 6.07) is 5.63. The fraction of sp³-hybridized carbons (Fsp3) is 0.474. The van der Waals surface area contributed by atoms with E-state index in [2.05, 4.69) is 24.3 Å². The minimum absolute atomic E-state index is 0.0720. The first-order chi connectivity index (χ1) is 11.3. The highest BCUT2D eigenvalue weighted by Crippen LogP contribution is 2.40. The van der Waals surface area contributed by atoms with E-state index >= 15 is 0 Å². The van der Waals surface area contributed by atoms with Gasteiger partial charge in [0.1, 0.15) is 11.5 Å². The van der Waals surface area contributed by atoms with Crippen LogP contribution < -0.4 is 10.1 Å². The molecule has 0 bridgehead atoms. The van der Waals surface area contributed by atoms with E-state index in [1.165, 1.54) is 0 Å². The zero-order valence-corrected chi connectivity index (χ0v) is 14.9. The van der Waals surface area contributed by atoms with Crippen molar-refractivity contribution in [2.24, 2.45) is 0 Å². The number of amides is 1. The lowest BCUT2D eigenvalue weighted by atomic mass is 9.86. The fourth-order valence-corrected chi connectivity index (χ4v) is 3.34. The third-order valence-corrected chi connectivity index (χ3v) is 4.72. The predicted octanol–water partition coefficient (Wildman–Crippen LogP) is 3.84. The molecule has 1 atom stereocenters. The first kappa shape index (κ1) is 16.6. The molecule has 5 heteroatoms. The van der Waals surface area contributed by atoms with Gasteiger partial charge >= 0.3 is 0 Å². The molecule has 0 aliphatic carbocycles. The summed E-state index contributed by atoms with van der Waals surface area (Å²) >= 11 is 0. The Morgan fingerprint density at radius 3 is 2.75 bits per heavy atom. The number of carbonyl (C=O) groups is 1. The number of ether oxygens (including phenoxy) is 1. The lowest BCUT2D eigenvalue weighted by Crippen LogP contribution is -2.29. The molecule has 1 aromatic heterocycles. The SMILES string of the molecule is CCC(NC(=O)c1cccc2c1OCC2(C)C)c1c(C)noc1C. The fourth-order valence-electron chi connectivity index (χ4n) is 3.34. The molecule has 0 fully saturated rings. The Kier molecular flexibility index (Phi) is 4.11. The van der Waals surface area contributed by atoms with Gasteiger partial charge in [-0.3, -0.25) is 4.79 Å². The van der Waals surface area contributed by atoms with Crippen LogP contribution >= 0.6 is 0 Å². The van der Waals surface area contributed by atoms with Crippen LogP contribution in [0.15, 0.2) is 22.7 Å². The Hall–Kier alpha value is -2.30. The number of hydrogen-bond donors (Lipinski definition) is 1. The number of fused-ring (bicyclic) bond motifs is 1. The van der Waals surface area contributed by atoms with E-state index in [0.29, 0.717) is 17.9 Å². The molecular weight excluding hydrogens is 304 g/mol. The molecule has 1 aromatic carbocycles. The molecule has 0 saturated heterocycles. The van der Waals surface area contributed by atoms with Gasteiger partial charge in [-0.15, -0.1) is 0 Å². The van der Waals surface area contributed by atoms with Crippen molar-refractivity contribution in [3.05, 3.63) is 46.3 Å². The molecule has 1 aliphatic rings. The number of aryl methyl sites for hydroxylation is 2. The van der Waals surface area contributed by atoms with Gasteiger partial charge in [0.25, 0.3) is 5.91 Å². The first-order valence-electron chi connectivity index (χ1n) is 8.35. The van der Waals surface area contributed by atoms with E-state index < -0.39 is 0 Å². The number of carbonyl (C=O) groups excluding carboxylic acids is 1. The van der Waals surface area contributed by atoms with Crippen molar-refractivity contribution in [3.63, 3.8) is 0 Å². The molecule has 1 aliphatic heterocycles. The van der Waals surface area contributed by atoms with Crippen LogP contribution in [0.1, 0.15) is 66.2 Å². The zero-order valence-electron chi connectivity index (χ0n) is 14.9. The van der Waals surface area contributed by atoms with Gasteiger partial charge < -0.3 is 14.6 Å². The number of aromatic nitrogens is 1. The summed E-state index contributed by atoms with van der Waals surface area (Å²) in [5.41, 5.74) is 3.37. The van der Waals surface area contributed by atoms with Crippen molar-refractivity contribution in [3.8, 4) is 5.75 Å². The van der Waals surface area contributed by atoms with E-state index in [0.717, 1.165) is 29.0 Å². The standard InChI is InChI=1S/C19H24N2O3/c1-6-15(16-11(2)21-24-12(16)3)20-18(22)13-8-7-9-14-17(13)23-10-19(14,4)5/h7-9,15H,6,10H2,1-5H3,(H,20,22). The minimum Gasteiger partial charge on any atom is -0.492 e. The Morgan fingerprint density at radius 2 is 2.12 bits per heavy atom. The lowest BCUT2D eigenvalue weighted by molar-refractivity contribution is 0.0932. The second-order valence-electron chi connectivity index (χ2n) is 7.03. The molecule has 2 aromatic rings. The molecule has 1 N–H and O–H groups in total. The second kappa shape index (κ2) is 5.96. The van der Waals surface area contributed by atoms with Crippen molar-refractivity contribution < 1.29 is 14.1 Å². The molecule has 0 saturated carbocycles. The van der Waals surface area contributed by atoms with E-state index in [9.17, 15) is 4.79 Å². The maximum absolute atomic E-state index is 12.9. The Labute approximate surface area is 142 Å². The highest BCUT2D eigenvalue weighted by Gasteiger charge is 2.35. The van der Waals surface area contributed by atoms with Crippen LogP contribution in [0.5, 0.6) is 5.75 Å². The highest BCUT2D eigenvalue weighted by atomic mass is 16.5. The highest BCUT2D eigenvalue weighted by molar-refractivity contribution is 5.98. The summed E-state index contributed by atoms with van der Waals surface area (Å²) in [6.07, 6.45) is 0.760. The van der Waals surface area contributed by atoms with Gasteiger partial charge in [-0.05, 0) is 26.3 Å². The van der Waals surface area contributed by atoms with Crippen molar-refractivity contribution in [2.45, 2.75) is 52.5 Å². The van der Waals surface area contributed by atoms with Gasteiger partial charge in [-0.25, -0.2) is 0 Å². The molecule has 1 unspecified atom stereocenters. The topological polar surface area (TPSA) is 64.4 Å². The molecule has 2 heterocycles. The average molecular weight is 328 g/mol. The smallest absolute Gasteiger partial charge is 0.255 e. The number of nitrogens with zero attached hydrogens (tertiary/aromatic N) is 1. The monoisotopic (exact) mass is 328 g/mol. The second-order valence-corrected chi connectivity index (χ2v) is 7.03. The van der Waals surface area contributed by atoms with E-state index in [1.807, 2.05) is 39.0 Å². The Bertz CT molecular complexity index is 757. The summed E-state index contributed by atoms with van der Waals surface area (Å²) < 4.78 is 11.1. The average Bonchev–Trinajstić information content (AvgIpc) is 3.04. The summed E-state index contributed by atoms with van der Waals surface area (Å²) in [5, 5.41) is 7.10. The minimum atomic E-state index is -0.131. The van der Waals surface area contributed by atoms with Crippen molar-refractivity contribution in [2.75, 3.05) is 6.61 Å². The number of nitrogens with one attached hydrogen (secondary N) is 1. The molecule has 0 spiro atoms. The van der Waals surface area contributed by atoms with Gasteiger partial charge in [0.05, 0.1) is 23.9 Å². The number of para-hydroxylation sites is 1. The van der Waals surface area contributed by atoms with Crippen LogP contribution in [-0.2, 0) is 5.41 Å². The van der Waals surface area contributed by atoms with Crippen LogP contribution in [0.2, 0.25) is 0 Å². The van der Waals surface area contributed by atoms with Crippen molar-refractivity contribution in [1.82, 2.24) is 10.5 Å².